The average Bonchev–Trinajstić information content (AvgIpc) is 3.11. The lowest BCUT2D eigenvalue weighted by Gasteiger charge is -2.34. The van der Waals surface area contributed by atoms with Gasteiger partial charge in [0.15, 0.2) is 0 Å². The van der Waals surface area contributed by atoms with Crippen LogP contribution in [0, 0.1) is 0 Å². The van der Waals surface area contributed by atoms with Crippen LogP contribution >= 0.6 is 23.2 Å². The molecular formula is C29H24Cl2. The zero-order chi connectivity index (χ0) is 21.6. The summed E-state index contributed by atoms with van der Waals surface area (Å²) >= 11 is 13.1. The van der Waals surface area contributed by atoms with Crippen LogP contribution in [0.15, 0.2) is 84.9 Å². The first-order valence-electron chi connectivity index (χ1n) is 10.9. The van der Waals surface area contributed by atoms with Gasteiger partial charge in [-0.3, -0.25) is 0 Å². The summed E-state index contributed by atoms with van der Waals surface area (Å²) in [4.78, 5) is 0. The standard InChI is InChI=1S/C29H24Cl2/c1-3-19-17-21(13-15-27(19)30)29(22-14-16-28(31)20(4-2)18-22)25-11-7-5-9-23(25)24-10-6-8-12-26(24)29/h5-18H,3-4H2,1-2H3. The number of fused-ring (bicyclic) bond motifs is 3. The van der Waals surface area contributed by atoms with Crippen molar-refractivity contribution in [3.8, 4) is 11.1 Å². The van der Waals surface area contributed by atoms with Gasteiger partial charge in [0.1, 0.15) is 0 Å². The van der Waals surface area contributed by atoms with Gasteiger partial charge in [-0.2, -0.15) is 0 Å². The van der Waals surface area contributed by atoms with Gasteiger partial charge in [0.2, 0.25) is 0 Å². The molecule has 0 nitrogen and oxygen atoms in total. The molecule has 0 radical (unpaired) electrons. The van der Waals surface area contributed by atoms with Crippen LogP contribution < -0.4 is 0 Å². The molecule has 0 N–H and O–H groups in total. The fourth-order valence-electron chi connectivity index (χ4n) is 5.18. The van der Waals surface area contributed by atoms with Crippen LogP contribution in [-0.4, -0.2) is 0 Å². The predicted octanol–water partition coefficient (Wildman–Crippen LogP) is 8.48. The monoisotopic (exact) mass is 442 g/mol. The molecule has 0 bridgehead atoms. The summed E-state index contributed by atoms with van der Waals surface area (Å²) in [6.45, 7) is 4.32. The molecule has 0 aliphatic heterocycles. The molecule has 154 valence electrons. The Bertz CT molecular complexity index is 1180. The van der Waals surface area contributed by atoms with E-state index in [9.17, 15) is 0 Å². The lowest BCUT2D eigenvalue weighted by molar-refractivity contribution is 0.764. The molecule has 1 aliphatic carbocycles. The van der Waals surface area contributed by atoms with Crippen LogP contribution in [0.3, 0.4) is 0 Å². The zero-order valence-electron chi connectivity index (χ0n) is 17.8. The van der Waals surface area contributed by atoms with Crippen LogP contribution in [0.25, 0.3) is 11.1 Å². The van der Waals surface area contributed by atoms with Crippen molar-refractivity contribution >= 4 is 23.2 Å². The third-order valence-corrected chi connectivity index (χ3v) is 7.41. The number of aryl methyl sites for hydroxylation is 2. The van der Waals surface area contributed by atoms with Gasteiger partial charge in [0, 0.05) is 10.0 Å². The van der Waals surface area contributed by atoms with Crippen molar-refractivity contribution in [3.05, 3.63) is 128 Å². The highest BCUT2D eigenvalue weighted by molar-refractivity contribution is 6.31. The van der Waals surface area contributed by atoms with E-state index in [1.807, 2.05) is 0 Å². The summed E-state index contributed by atoms with van der Waals surface area (Å²) < 4.78 is 0. The second kappa shape index (κ2) is 7.86. The Kier molecular flexibility index (Phi) is 5.16. The minimum Gasteiger partial charge on any atom is -0.0840 e. The first-order valence-corrected chi connectivity index (χ1v) is 11.6. The molecule has 0 spiro atoms. The molecule has 0 saturated carbocycles. The Balaban J connectivity index is 1.95. The summed E-state index contributed by atoms with van der Waals surface area (Å²) in [5, 5.41) is 1.65. The van der Waals surface area contributed by atoms with Gasteiger partial charge in [-0.05, 0) is 69.5 Å². The van der Waals surface area contributed by atoms with Crippen molar-refractivity contribution in [2.75, 3.05) is 0 Å². The molecule has 0 saturated heterocycles. The van der Waals surface area contributed by atoms with Crippen molar-refractivity contribution in [2.24, 2.45) is 0 Å². The molecule has 0 aromatic heterocycles. The highest BCUT2D eigenvalue weighted by atomic mass is 35.5. The first-order chi connectivity index (χ1) is 15.1. The summed E-state index contributed by atoms with van der Waals surface area (Å²) in [7, 11) is 0. The van der Waals surface area contributed by atoms with Gasteiger partial charge in [-0.25, -0.2) is 0 Å². The fraction of sp³-hybridized carbons (Fsp3) is 0.172. The molecule has 0 atom stereocenters. The van der Waals surface area contributed by atoms with Crippen LogP contribution in [0.4, 0.5) is 0 Å². The lowest BCUT2D eigenvalue weighted by Crippen LogP contribution is -2.29. The van der Waals surface area contributed by atoms with E-state index >= 15 is 0 Å². The predicted molar refractivity (Wildman–Crippen MR) is 133 cm³/mol. The Morgan fingerprint density at radius 2 is 1.00 bits per heavy atom. The van der Waals surface area contributed by atoms with Crippen molar-refractivity contribution in [1.29, 1.82) is 0 Å². The largest absolute Gasteiger partial charge is 0.0840 e. The SMILES string of the molecule is CCc1cc(C2(c3ccc(Cl)c(CC)c3)c3ccccc3-c3ccccc32)ccc1Cl. The minimum atomic E-state index is -0.407. The van der Waals surface area contributed by atoms with Gasteiger partial charge in [0.25, 0.3) is 0 Å². The van der Waals surface area contributed by atoms with Crippen LogP contribution in [0.2, 0.25) is 10.0 Å². The molecule has 0 unspecified atom stereocenters. The van der Waals surface area contributed by atoms with Gasteiger partial charge < -0.3 is 0 Å². The van der Waals surface area contributed by atoms with Gasteiger partial charge in [-0.1, -0.05) is 110 Å². The maximum atomic E-state index is 6.55. The number of hydrogen-bond acceptors (Lipinski definition) is 0. The number of hydrogen-bond donors (Lipinski definition) is 0. The number of benzene rings is 4. The van der Waals surface area contributed by atoms with Crippen molar-refractivity contribution < 1.29 is 0 Å². The maximum Gasteiger partial charge on any atom is 0.0713 e. The topological polar surface area (TPSA) is 0 Å². The lowest BCUT2D eigenvalue weighted by atomic mass is 9.67. The van der Waals surface area contributed by atoms with Crippen molar-refractivity contribution in [3.63, 3.8) is 0 Å². The fourth-order valence-corrected chi connectivity index (χ4v) is 5.68. The summed E-state index contributed by atoms with van der Waals surface area (Å²) in [6.07, 6.45) is 1.79. The van der Waals surface area contributed by atoms with E-state index in [2.05, 4.69) is 98.8 Å². The second-order valence-corrected chi connectivity index (χ2v) is 8.98. The van der Waals surface area contributed by atoms with E-state index in [1.54, 1.807) is 0 Å². The third-order valence-electron chi connectivity index (χ3n) is 6.67. The summed E-state index contributed by atoms with van der Waals surface area (Å²) in [6, 6.07) is 30.7. The van der Waals surface area contributed by atoms with Crippen molar-refractivity contribution in [2.45, 2.75) is 32.1 Å². The molecule has 0 fully saturated rings. The molecule has 4 aromatic rings. The van der Waals surface area contributed by atoms with Crippen molar-refractivity contribution in [1.82, 2.24) is 0 Å². The Morgan fingerprint density at radius 3 is 1.42 bits per heavy atom. The molecule has 0 amide bonds. The minimum absolute atomic E-state index is 0.407. The third kappa shape index (κ3) is 2.97. The quantitative estimate of drug-likeness (QED) is 0.261. The molecular weight excluding hydrogens is 419 g/mol. The van der Waals surface area contributed by atoms with E-state index in [1.165, 1.54) is 44.5 Å². The molecule has 1 aliphatic rings. The van der Waals surface area contributed by atoms with Crippen LogP contribution in [0.5, 0.6) is 0 Å². The maximum absolute atomic E-state index is 6.55. The van der Waals surface area contributed by atoms with E-state index in [0.29, 0.717) is 0 Å². The molecule has 31 heavy (non-hydrogen) atoms. The summed E-state index contributed by atoms with van der Waals surface area (Å²) in [5.41, 5.74) is 9.63. The Morgan fingerprint density at radius 1 is 0.581 bits per heavy atom. The average molecular weight is 443 g/mol. The Hall–Kier alpha value is -2.54. The normalized spacial score (nSPS) is 13.7. The zero-order valence-corrected chi connectivity index (χ0v) is 19.3. The first kappa shape index (κ1) is 20.4. The molecule has 0 heterocycles. The summed E-state index contributed by atoms with van der Waals surface area (Å²) in [5.74, 6) is 0. The Labute approximate surface area is 194 Å². The molecule has 5 rings (SSSR count). The second-order valence-electron chi connectivity index (χ2n) is 8.16. The number of halogens is 2. The smallest absolute Gasteiger partial charge is 0.0713 e. The molecule has 2 heteroatoms. The van der Waals surface area contributed by atoms with Gasteiger partial charge in [0.05, 0.1) is 5.41 Å². The van der Waals surface area contributed by atoms with Gasteiger partial charge in [-0.15, -0.1) is 0 Å². The van der Waals surface area contributed by atoms with E-state index in [0.717, 1.165) is 22.9 Å². The highest BCUT2D eigenvalue weighted by Crippen LogP contribution is 2.56. The highest BCUT2D eigenvalue weighted by Gasteiger charge is 2.46. The molecule has 4 aromatic carbocycles. The van der Waals surface area contributed by atoms with Crippen LogP contribution in [0.1, 0.15) is 47.2 Å². The van der Waals surface area contributed by atoms with Gasteiger partial charge >= 0.3 is 0 Å². The van der Waals surface area contributed by atoms with E-state index in [-0.39, 0.29) is 0 Å². The van der Waals surface area contributed by atoms with E-state index in [4.69, 9.17) is 23.2 Å². The van der Waals surface area contributed by atoms with E-state index < -0.39 is 5.41 Å². The number of rotatable bonds is 4. The van der Waals surface area contributed by atoms with Crippen LogP contribution in [-0.2, 0) is 18.3 Å².